The van der Waals surface area contributed by atoms with Crippen LogP contribution in [-0.4, -0.2) is 19.3 Å². The Kier molecular flexibility index (Phi) is 2.58. The fraction of sp³-hybridized carbons (Fsp3) is 0.556. The summed E-state index contributed by atoms with van der Waals surface area (Å²) in [6.07, 6.45) is 8.69. The summed E-state index contributed by atoms with van der Waals surface area (Å²) in [6, 6.07) is 0. The molecule has 0 amide bonds. The molecule has 78 valence electrons. The largest absolute Gasteiger partial charge is 0.321 e. The lowest BCUT2D eigenvalue weighted by Gasteiger charge is -2.35. The van der Waals surface area contributed by atoms with Gasteiger partial charge in [0.2, 0.25) is 0 Å². The third kappa shape index (κ3) is 1.81. The van der Waals surface area contributed by atoms with E-state index in [2.05, 4.69) is 6.08 Å². The molecule has 0 spiro atoms. The summed E-state index contributed by atoms with van der Waals surface area (Å²) in [5, 5.41) is 0. The summed E-state index contributed by atoms with van der Waals surface area (Å²) in [4.78, 5) is 0. The van der Waals surface area contributed by atoms with Crippen LogP contribution in [0, 0.1) is 5.92 Å². The first-order valence-corrected chi connectivity index (χ1v) is 6.95. The van der Waals surface area contributed by atoms with Gasteiger partial charge in [-0.15, -0.1) is 0 Å². The lowest BCUT2D eigenvalue weighted by molar-refractivity contribution is 0.338. The number of nitrogens with zero attached hydrogens (tertiary/aromatic N) is 1. The third-order valence-electron chi connectivity index (χ3n) is 2.71. The highest BCUT2D eigenvalue weighted by atomic mass is 35.7. The van der Waals surface area contributed by atoms with Crippen molar-refractivity contribution in [2.75, 3.05) is 6.54 Å². The summed E-state index contributed by atoms with van der Waals surface area (Å²) in [7, 11) is 1.77. The number of rotatable bonds is 1. The van der Waals surface area contributed by atoms with Gasteiger partial charge in [0.05, 0.1) is 0 Å². The molecule has 0 aromatic carbocycles. The van der Waals surface area contributed by atoms with E-state index in [4.69, 9.17) is 10.7 Å². The first kappa shape index (κ1) is 10.1. The maximum Gasteiger partial charge on any atom is 0.321 e. The molecule has 0 radical (unpaired) electrons. The minimum atomic E-state index is -3.59. The molecule has 3 nitrogen and oxygen atoms in total. The second-order valence-corrected chi connectivity index (χ2v) is 6.04. The summed E-state index contributed by atoms with van der Waals surface area (Å²) >= 11 is 0. The van der Waals surface area contributed by atoms with E-state index in [9.17, 15) is 8.42 Å². The Morgan fingerprint density at radius 1 is 1.50 bits per heavy atom. The van der Waals surface area contributed by atoms with Crippen LogP contribution in [0.5, 0.6) is 0 Å². The number of hydrogen-bond acceptors (Lipinski definition) is 2. The second kappa shape index (κ2) is 3.59. The number of hydrogen-bond donors (Lipinski definition) is 0. The van der Waals surface area contributed by atoms with E-state index in [-0.39, 0.29) is 0 Å². The van der Waals surface area contributed by atoms with Crippen molar-refractivity contribution in [2.45, 2.75) is 19.3 Å². The van der Waals surface area contributed by atoms with Gasteiger partial charge in [0.15, 0.2) is 0 Å². The van der Waals surface area contributed by atoms with Crippen molar-refractivity contribution in [3.63, 3.8) is 0 Å². The molecule has 1 heterocycles. The molecule has 5 heteroatoms. The van der Waals surface area contributed by atoms with Crippen molar-refractivity contribution >= 4 is 19.9 Å². The Morgan fingerprint density at radius 2 is 2.29 bits per heavy atom. The second-order valence-electron chi connectivity index (χ2n) is 3.61. The fourth-order valence-corrected chi connectivity index (χ4v) is 3.32. The van der Waals surface area contributed by atoms with Crippen molar-refractivity contribution in [2.24, 2.45) is 5.92 Å². The fourth-order valence-electron chi connectivity index (χ4n) is 2.06. The normalized spacial score (nSPS) is 27.1. The molecule has 0 bridgehead atoms. The summed E-state index contributed by atoms with van der Waals surface area (Å²) in [5.41, 5.74) is 0.855. The predicted molar refractivity (Wildman–Crippen MR) is 56.0 cm³/mol. The minimum Gasteiger partial charge on any atom is -0.261 e. The zero-order valence-corrected chi connectivity index (χ0v) is 9.26. The maximum atomic E-state index is 11.3. The molecule has 14 heavy (non-hydrogen) atoms. The lowest BCUT2D eigenvalue weighted by atomic mass is 9.89. The van der Waals surface area contributed by atoms with Crippen molar-refractivity contribution in [1.29, 1.82) is 0 Å². The van der Waals surface area contributed by atoms with Crippen LogP contribution in [0.2, 0.25) is 0 Å². The van der Waals surface area contributed by atoms with Crippen LogP contribution in [0.3, 0.4) is 0 Å². The SMILES string of the molecule is O=S(=O)(Cl)N1CCCC2CC=CC=C21. The highest BCUT2D eigenvalue weighted by Crippen LogP contribution is 2.34. The zero-order chi connectivity index (χ0) is 10.2. The molecule has 2 rings (SSSR count). The average molecular weight is 234 g/mol. The molecule has 1 fully saturated rings. The number of fused-ring (bicyclic) bond motifs is 1. The number of piperidine rings is 1. The molecule has 1 aliphatic heterocycles. The van der Waals surface area contributed by atoms with Gasteiger partial charge in [-0.2, -0.15) is 8.42 Å². The molecule has 1 aliphatic carbocycles. The lowest BCUT2D eigenvalue weighted by Crippen LogP contribution is -2.35. The Labute approximate surface area is 88.6 Å². The molecule has 2 aliphatic rings. The van der Waals surface area contributed by atoms with Crippen molar-refractivity contribution in [3.8, 4) is 0 Å². The first-order valence-electron chi connectivity index (χ1n) is 4.68. The van der Waals surface area contributed by atoms with Crippen LogP contribution < -0.4 is 0 Å². The molecule has 0 N–H and O–H groups in total. The third-order valence-corrected chi connectivity index (χ3v) is 4.13. The molecule has 0 saturated carbocycles. The molecule has 0 aromatic rings. The highest BCUT2D eigenvalue weighted by molar-refractivity contribution is 8.12. The van der Waals surface area contributed by atoms with Gasteiger partial charge in [0.1, 0.15) is 0 Å². The predicted octanol–water partition coefficient (Wildman–Crippen LogP) is 2.03. The van der Waals surface area contributed by atoms with E-state index in [1.165, 1.54) is 4.31 Å². The minimum absolute atomic E-state index is 0.335. The van der Waals surface area contributed by atoms with E-state index >= 15 is 0 Å². The molecule has 1 saturated heterocycles. The van der Waals surface area contributed by atoms with Gasteiger partial charge in [0, 0.05) is 28.8 Å². The number of allylic oxidation sites excluding steroid dienone is 4. The Bertz CT molecular complexity index is 386. The van der Waals surface area contributed by atoms with Crippen LogP contribution in [0.25, 0.3) is 0 Å². The summed E-state index contributed by atoms with van der Waals surface area (Å²) in [6.45, 7) is 0.516. The first-order chi connectivity index (χ1) is 6.59. The van der Waals surface area contributed by atoms with Crippen LogP contribution in [0.4, 0.5) is 0 Å². The van der Waals surface area contributed by atoms with E-state index in [0.29, 0.717) is 12.5 Å². The quantitative estimate of drug-likeness (QED) is 0.650. The molecular formula is C9H12ClNO2S. The van der Waals surface area contributed by atoms with Gasteiger partial charge in [-0.3, -0.25) is 4.31 Å². The van der Waals surface area contributed by atoms with Gasteiger partial charge in [-0.1, -0.05) is 12.2 Å². The molecule has 1 unspecified atom stereocenters. The number of halogens is 1. The Hall–Kier alpha value is -0.480. The monoisotopic (exact) mass is 233 g/mol. The van der Waals surface area contributed by atoms with Crippen molar-refractivity contribution < 1.29 is 8.42 Å². The van der Waals surface area contributed by atoms with E-state index in [1.54, 1.807) is 0 Å². The van der Waals surface area contributed by atoms with Crippen molar-refractivity contribution in [3.05, 3.63) is 23.9 Å². The van der Waals surface area contributed by atoms with E-state index in [1.807, 2.05) is 12.2 Å². The average Bonchev–Trinajstić information content (AvgIpc) is 2.15. The highest BCUT2D eigenvalue weighted by Gasteiger charge is 2.31. The zero-order valence-electron chi connectivity index (χ0n) is 7.69. The van der Waals surface area contributed by atoms with Crippen LogP contribution in [0.1, 0.15) is 19.3 Å². The van der Waals surface area contributed by atoms with Crippen LogP contribution in [0.15, 0.2) is 23.9 Å². The van der Waals surface area contributed by atoms with E-state index in [0.717, 1.165) is 25.0 Å². The van der Waals surface area contributed by atoms with Crippen LogP contribution >= 0.6 is 10.7 Å². The van der Waals surface area contributed by atoms with Gasteiger partial charge in [0.25, 0.3) is 0 Å². The Balaban J connectivity index is 2.34. The molecule has 1 atom stereocenters. The van der Waals surface area contributed by atoms with Gasteiger partial charge < -0.3 is 0 Å². The van der Waals surface area contributed by atoms with Gasteiger partial charge in [-0.25, -0.2) is 0 Å². The van der Waals surface area contributed by atoms with E-state index < -0.39 is 9.24 Å². The molecule has 0 aromatic heterocycles. The Morgan fingerprint density at radius 3 is 3.00 bits per heavy atom. The maximum absolute atomic E-state index is 11.3. The standard InChI is InChI=1S/C9H12ClNO2S/c10-14(12,13)11-7-3-5-8-4-1-2-6-9(8)11/h1-2,6,8H,3-5,7H2. The smallest absolute Gasteiger partial charge is 0.261 e. The van der Waals surface area contributed by atoms with Crippen LogP contribution in [-0.2, 0) is 9.24 Å². The summed E-state index contributed by atoms with van der Waals surface area (Å²) < 4.78 is 23.9. The topological polar surface area (TPSA) is 37.4 Å². The molecular weight excluding hydrogens is 222 g/mol. The van der Waals surface area contributed by atoms with Crippen molar-refractivity contribution in [1.82, 2.24) is 4.31 Å². The van der Waals surface area contributed by atoms with Gasteiger partial charge in [-0.05, 0) is 25.3 Å². The van der Waals surface area contributed by atoms with Gasteiger partial charge >= 0.3 is 9.24 Å². The summed E-state index contributed by atoms with van der Waals surface area (Å²) in [5.74, 6) is 0.335.